The summed E-state index contributed by atoms with van der Waals surface area (Å²) in [5.41, 5.74) is 7.71. The topological polar surface area (TPSA) is 91.6 Å². The molecular weight excluding hydrogens is 323 g/mol. The number of halogens is 1. The summed E-state index contributed by atoms with van der Waals surface area (Å²) in [5, 5.41) is 4.02. The molecule has 0 fully saturated rings. The zero-order valence-corrected chi connectivity index (χ0v) is 13.6. The fourth-order valence-corrected chi connectivity index (χ4v) is 2.34. The third-order valence-corrected chi connectivity index (χ3v) is 3.74. The first-order valence-electron chi connectivity index (χ1n) is 7.64. The molecule has 3 rings (SSSR count). The van der Waals surface area contributed by atoms with Crippen molar-refractivity contribution in [2.45, 2.75) is 13.5 Å². The third kappa shape index (κ3) is 3.53. The first-order chi connectivity index (χ1) is 12.1. The number of benzene rings is 1. The van der Waals surface area contributed by atoms with Crippen molar-refractivity contribution < 1.29 is 4.39 Å². The minimum Gasteiger partial charge on any atom is -0.327 e. The molecule has 8 heteroatoms. The molecule has 0 aliphatic heterocycles. The number of hydrogen-bond donors (Lipinski definition) is 1. The Balaban J connectivity index is 1.95. The average molecular weight is 340 g/mol. The molecule has 128 valence electrons. The predicted octanol–water partition coefficient (Wildman–Crippen LogP) is 1.61. The van der Waals surface area contributed by atoms with Crippen LogP contribution in [0.2, 0.25) is 0 Å². The van der Waals surface area contributed by atoms with E-state index in [9.17, 15) is 9.18 Å². The van der Waals surface area contributed by atoms with Gasteiger partial charge in [-0.3, -0.25) is 0 Å². The van der Waals surface area contributed by atoms with Gasteiger partial charge in [0.2, 0.25) is 0 Å². The molecule has 1 aromatic carbocycles. The van der Waals surface area contributed by atoms with E-state index in [1.165, 1.54) is 15.6 Å². The van der Waals surface area contributed by atoms with E-state index in [1.807, 2.05) is 25.1 Å². The van der Waals surface area contributed by atoms with Crippen molar-refractivity contribution in [2.24, 2.45) is 5.73 Å². The second-order valence-corrected chi connectivity index (χ2v) is 5.48. The second kappa shape index (κ2) is 7.18. The van der Waals surface area contributed by atoms with Gasteiger partial charge in [0.05, 0.1) is 18.6 Å². The minimum absolute atomic E-state index is 0.0182. The Morgan fingerprint density at radius 1 is 1.28 bits per heavy atom. The number of nitrogens with two attached hydrogens (primary N) is 1. The van der Waals surface area contributed by atoms with E-state index in [0.29, 0.717) is 17.8 Å². The Bertz CT molecular complexity index is 958. The monoisotopic (exact) mass is 340 g/mol. The summed E-state index contributed by atoms with van der Waals surface area (Å²) < 4.78 is 15.2. The largest absolute Gasteiger partial charge is 0.350 e. The van der Waals surface area contributed by atoms with Crippen LogP contribution >= 0.6 is 0 Å². The second-order valence-electron chi connectivity index (χ2n) is 5.48. The quantitative estimate of drug-likeness (QED) is 0.762. The summed E-state index contributed by atoms with van der Waals surface area (Å²) in [7, 11) is 0. The number of rotatable bonds is 5. The lowest BCUT2D eigenvalue weighted by Gasteiger charge is -2.05. The molecule has 2 N–H and O–H groups in total. The smallest absolute Gasteiger partial charge is 0.327 e. The summed E-state index contributed by atoms with van der Waals surface area (Å²) in [6.45, 7) is 1.86. The molecule has 0 aliphatic rings. The van der Waals surface area contributed by atoms with Crippen LogP contribution in [0.5, 0.6) is 0 Å². The number of aromatic nitrogens is 5. The van der Waals surface area contributed by atoms with Crippen molar-refractivity contribution in [1.82, 2.24) is 24.3 Å². The first-order valence-corrected chi connectivity index (χ1v) is 7.64. The van der Waals surface area contributed by atoms with Crippen molar-refractivity contribution in [3.05, 3.63) is 71.2 Å². The maximum Gasteiger partial charge on any atom is 0.350 e. The zero-order chi connectivity index (χ0) is 17.8. The van der Waals surface area contributed by atoms with Gasteiger partial charge >= 0.3 is 5.69 Å². The third-order valence-electron chi connectivity index (χ3n) is 3.74. The van der Waals surface area contributed by atoms with Crippen molar-refractivity contribution in [1.29, 1.82) is 0 Å². The highest BCUT2D eigenvalue weighted by molar-refractivity contribution is 5.64. The van der Waals surface area contributed by atoms with Crippen molar-refractivity contribution >= 4 is 0 Å². The molecule has 2 aromatic heterocycles. The van der Waals surface area contributed by atoms with Gasteiger partial charge in [-0.15, -0.1) is 0 Å². The van der Waals surface area contributed by atoms with Crippen LogP contribution in [0, 0.1) is 6.92 Å². The van der Waals surface area contributed by atoms with Gasteiger partial charge in [-0.25, -0.2) is 28.4 Å². The van der Waals surface area contributed by atoms with Crippen molar-refractivity contribution in [3.8, 4) is 16.8 Å². The van der Waals surface area contributed by atoms with Crippen LogP contribution in [0.3, 0.4) is 0 Å². The van der Waals surface area contributed by atoms with Gasteiger partial charge in [0.15, 0.2) is 0 Å². The Labute approximate surface area is 143 Å². The van der Waals surface area contributed by atoms with Gasteiger partial charge in [-0.1, -0.05) is 12.1 Å². The average Bonchev–Trinajstić information content (AvgIpc) is 3.01. The molecule has 0 aliphatic carbocycles. The first kappa shape index (κ1) is 16.7. The number of aryl methyl sites for hydroxylation is 1. The van der Waals surface area contributed by atoms with Crippen LogP contribution in [0.4, 0.5) is 4.39 Å². The summed E-state index contributed by atoms with van der Waals surface area (Å²) in [6.07, 6.45) is 5.27. The molecule has 0 radical (unpaired) electrons. The molecule has 3 aromatic rings. The van der Waals surface area contributed by atoms with Crippen molar-refractivity contribution in [3.63, 3.8) is 0 Å². The van der Waals surface area contributed by atoms with E-state index >= 15 is 0 Å². The fraction of sp³-hybridized carbons (Fsp3) is 0.176. The summed E-state index contributed by atoms with van der Waals surface area (Å²) in [6, 6.07) is 7.38. The van der Waals surface area contributed by atoms with E-state index in [4.69, 9.17) is 5.73 Å². The van der Waals surface area contributed by atoms with Gasteiger partial charge in [0, 0.05) is 24.5 Å². The Morgan fingerprint density at radius 3 is 2.72 bits per heavy atom. The van der Waals surface area contributed by atoms with Crippen LogP contribution in [0.1, 0.15) is 5.82 Å². The fourth-order valence-electron chi connectivity index (χ4n) is 2.34. The summed E-state index contributed by atoms with van der Waals surface area (Å²) >= 11 is 0. The maximum atomic E-state index is 12.7. The van der Waals surface area contributed by atoms with E-state index in [-0.39, 0.29) is 24.4 Å². The summed E-state index contributed by atoms with van der Waals surface area (Å²) in [4.78, 5) is 20.8. The SMILES string of the molecule is Cc1ncc(-c2cccc(-n3cnn(C/C(=C/F)CN)c3=O)c2)cn1. The molecule has 0 amide bonds. The Kier molecular flexibility index (Phi) is 4.80. The molecular formula is C17H17FN6O. The molecule has 0 bridgehead atoms. The van der Waals surface area contributed by atoms with E-state index < -0.39 is 0 Å². The van der Waals surface area contributed by atoms with Crippen LogP contribution in [-0.4, -0.2) is 30.9 Å². The number of hydrogen-bond acceptors (Lipinski definition) is 5. The number of nitrogens with zero attached hydrogens (tertiary/aromatic N) is 5. The van der Waals surface area contributed by atoms with Gasteiger partial charge in [0.1, 0.15) is 12.2 Å². The minimum atomic E-state index is -0.370. The normalized spacial score (nSPS) is 11.7. The Hall–Kier alpha value is -3.13. The predicted molar refractivity (Wildman–Crippen MR) is 91.8 cm³/mol. The lowest BCUT2D eigenvalue weighted by atomic mass is 10.1. The molecule has 0 spiro atoms. The Morgan fingerprint density at radius 2 is 2.04 bits per heavy atom. The van der Waals surface area contributed by atoms with Gasteiger partial charge in [-0.05, 0) is 30.2 Å². The molecule has 25 heavy (non-hydrogen) atoms. The molecule has 0 atom stereocenters. The van der Waals surface area contributed by atoms with Crippen LogP contribution in [0.15, 0.2) is 59.7 Å². The standard InChI is InChI=1S/C17H17FN6O/c1-12-20-8-15(9-21-12)14-3-2-4-16(5-14)23-11-22-24(17(23)25)10-13(6-18)7-19/h2-6,8-9,11H,7,10,19H2,1H3/b13-6+. The molecule has 2 heterocycles. The maximum absolute atomic E-state index is 12.7. The lowest BCUT2D eigenvalue weighted by molar-refractivity contribution is 0.612. The van der Waals surface area contributed by atoms with E-state index in [2.05, 4.69) is 15.1 Å². The van der Waals surface area contributed by atoms with Crippen LogP contribution < -0.4 is 11.4 Å². The molecule has 0 saturated carbocycles. The molecule has 0 unspecified atom stereocenters. The highest BCUT2D eigenvalue weighted by atomic mass is 19.1. The van der Waals surface area contributed by atoms with Crippen LogP contribution in [0.25, 0.3) is 16.8 Å². The molecule has 0 saturated heterocycles. The van der Waals surface area contributed by atoms with E-state index in [1.54, 1.807) is 18.5 Å². The van der Waals surface area contributed by atoms with E-state index in [0.717, 1.165) is 11.1 Å². The van der Waals surface area contributed by atoms with Gasteiger partial charge in [0.25, 0.3) is 0 Å². The highest BCUT2D eigenvalue weighted by Crippen LogP contribution is 2.20. The zero-order valence-electron chi connectivity index (χ0n) is 13.6. The summed E-state index contributed by atoms with van der Waals surface area (Å²) in [5.74, 6) is 0.689. The highest BCUT2D eigenvalue weighted by Gasteiger charge is 2.09. The van der Waals surface area contributed by atoms with Gasteiger partial charge < -0.3 is 5.73 Å². The lowest BCUT2D eigenvalue weighted by Crippen LogP contribution is -2.25. The van der Waals surface area contributed by atoms with Gasteiger partial charge in [-0.2, -0.15) is 5.10 Å². The molecule has 7 nitrogen and oxygen atoms in total. The van der Waals surface area contributed by atoms with Crippen molar-refractivity contribution in [2.75, 3.05) is 6.54 Å². The van der Waals surface area contributed by atoms with Crippen LogP contribution in [-0.2, 0) is 6.54 Å².